The first kappa shape index (κ1) is 16.0. The van der Waals surface area contributed by atoms with Crippen molar-refractivity contribution in [3.63, 3.8) is 0 Å². The van der Waals surface area contributed by atoms with Crippen molar-refractivity contribution in [1.29, 1.82) is 0 Å². The predicted octanol–water partition coefficient (Wildman–Crippen LogP) is 5.37. The minimum Gasteiger partial charge on any atom is -0.367 e. The second-order valence-electron chi connectivity index (χ2n) is 6.44. The van der Waals surface area contributed by atoms with Gasteiger partial charge in [-0.15, -0.1) is 0 Å². The van der Waals surface area contributed by atoms with Crippen molar-refractivity contribution in [2.75, 3.05) is 5.32 Å². The second kappa shape index (κ2) is 6.10. The zero-order valence-corrected chi connectivity index (χ0v) is 13.6. The summed E-state index contributed by atoms with van der Waals surface area (Å²) in [6.07, 6.45) is 2.20. The summed E-state index contributed by atoms with van der Waals surface area (Å²) in [7, 11) is 0. The normalized spacial score (nSPS) is 15.8. The Hall–Kier alpha value is -2.50. The Balaban J connectivity index is 1.77. The van der Waals surface area contributed by atoms with Crippen LogP contribution in [-0.2, 0) is 6.18 Å². The number of anilines is 1. The molecule has 0 unspecified atom stereocenters. The van der Waals surface area contributed by atoms with Crippen LogP contribution in [0, 0.1) is 0 Å². The molecule has 4 rings (SSSR count). The number of benzene rings is 1. The molecule has 0 atom stereocenters. The van der Waals surface area contributed by atoms with E-state index in [0.29, 0.717) is 17.3 Å². The largest absolute Gasteiger partial charge is 0.416 e. The van der Waals surface area contributed by atoms with Crippen LogP contribution in [0.15, 0.2) is 48.7 Å². The van der Waals surface area contributed by atoms with Crippen LogP contribution in [-0.4, -0.2) is 15.4 Å². The molecular formula is C19H18F3N3. The molecule has 1 N–H and O–H groups in total. The van der Waals surface area contributed by atoms with Gasteiger partial charge in [-0.05, 0) is 37.1 Å². The molecule has 0 radical (unpaired) electrons. The monoisotopic (exact) mass is 345 g/mol. The molecule has 0 saturated heterocycles. The van der Waals surface area contributed by atoms with E-state index in [-0.39, 0.29) is 0 Å². The SMILES string of the molecule is FC(F)(F)c1ccc(-c2nc3ccccn3c2NC2CCCC2)cc1. The van der Waals surface area contributed by atoms with Crippen LogP contribution in [0.1, 0.15) is 31.2 Å². The van der Waals surface area contributed by atoms with Crippen LogP contribution >= 0.6 is 0 Å². The van der Waals surface area contributed by atoms with Gasteiger partial charge < -0.3 is 5.32 Å². The molecule has 0 amide bonds. The molecule has 0 bridgehead atoms. The quantitative estimate of drug-likeness (QED) is 0.691. The number of nitrogens with one attached hydrogen (secondary N) is 1. The standard InChI is InChI=1S/C19H18F3N3/c20-19(21,22)14-10-8-13(9-11-14)17-18(23-15-5-1-2-6-15)25-12-4-3-7-16(25)24-17/h3-4,7-12,15,23H,1-2,5-6H2. The molecule has 0 aliphatic heterocycles. The van der Waals surface area contributed by atoms with E-state index < -0.39 is 11.7 Å². The summed E-state index contributed by atoms with van der Waals surface area (Å²) in [6.45, 7) is 0. The van der Waals surface area contributed by atoms with E-state index in [1.165, 1.54) is 25.0 Å². The third kappa shape index (κ3) is 3.08. The van der Waals surface area contributed by atoms with Gasteiger partial charge in [0.1, 0.15) is 17.2 Å². The van der Waals surface area contributed by atoms with E-state index in [1.807, 2.05) is 28.8 Å². The average Bonchev–Trinajstić information content (AvgIpc) is 3.23. The van der Waals surface area contributed by atoms with E-state index in [4.69, 9.17) is 0 Å². The zero-order chi connectivity index (χ0) is 17.4. The van der Waals surface area contributed by atoms with Crippen LogP contribution in [0.3, 0.4) is 0 Å². The van der Waals surface area contributed by atoms with Crippen molar-refractivity contribution >= 4 is 11.5 Å². The Kier molecular flexibility index (Phi) is 3.90. The van der Waals surface area contributed by atoms with E-state index >= 15 is 0 Å². The molecule has 1 aromatic carbocycles. The number of alkyl halides is 3. The highest BCUT2D eigenvalue weighted by Gasteiger charge is 2.30. The van der Waals surface area contributed by atoms with Crippen molar-refractivity contribution in [1.82, 2.24) is 9.38 Å². The molecule has 25 heavy (non-hydrogen) atoms. The van der Waals surface area contributed by atoms with Gasteiger partial charge in [-0.25, -0.2) is 4.98 Å². The fourth-order valence-electron chi connectivity index (χ4n) is 3.42. The Morgan fingerprint density at radius 2 is 1.72 bits per heavy atom. The lowest BCUT2D eigenvalue weighted by Crippen LogP contribution is -2.16. The van der Waals surface area contributed by atoms with Gasteiger partial charge in [-0.1, -0.05) is 31.0 Å². The summed E-state index contributed by atoms with van der Waals surface area (Å²) in [6, 6.07) is 11.3. The number of fused-ring (bicyclic) bond motifs is 1. The van der Waals surface area contributed by atoms with Gasteiger partial charge >= 0.3 is 6.18 Å². The molecule has 2 aromatic heterocycles. The molecule has 0 spiro atoms. The van der Waals surface area contributed by atoms with Gasteiger partial charge in [0.2, 0.25) is 0 Å². The minimum absolute atomic E-state index is 0.383. The lowest BCUT2D eigenvalue weighted by atomic mass is 10.1. The van der Waals surface area contributed by atoms with Crippen molar-refractivity contribution in [2.24, 2.45) is 0 Å². The van der Waals surface area contributed by atoms with E-state index in [2.05, 4.69) is 10.3 Å². The number of hydrogen-bond acceptors (Lipinski definition) is 2. The first-order valence-electron chi connectivity index (χ1n) is 8.43. The summed E-state index contributed by atoms with van der Waals surface area (Å²) in [4.78, 5) is 4.64. The van der Waals surface area contributed by atoms with Crippen LogP contribution in [0.4, 0.5) is 19.0 Å². The first-order chi connectivity index (χ1) is 12.0. The highest BCUT2D eigenvalue weighted by atomic mass is 19.4. The smallest absolute Gasteiger partial charge is 0.367 e. The van der Waals surface area contributed by atoms with Gasteiger partial charge in [-0.3, -0.25) is 4.40 Å². The highest BCUT2D eigenvalue weighted by molar-refractivity contribution is 5.76. The zero-order valence-electron chi connectivity index (χ0n) is 13.6. The van der Waals surface area contributed by atoms with E-state index in [9.17, 15) is 13.2 Å². The summed E-state index contributed by atoms with van der Waals surface area (Å²) in [5.41, 5.74) is 1.49. The summed E-state index contributed by atoms with van der Waals surface area (Å²) < 4.78 is 40.4. The number of pyridine rings is 1. The van der Waals surface area contributed by atoms with Crippen molar-refractivity contribution in [2.45, 2.75) is 37.9 Å². The Morgan fingerprint density at radius 3 is 2.40 bits per heavy atom. The van der Waals surface area contributed by atoms with Gasteiger partial charge in [0.25, 0.3) is 0 Å². The third-order valence-corrected chi connectivity index (χ3v) is 4.71. The maximum absolute atomic E-state index is 12.8. The first-order valence-corrected chi connectivity index (χ1v) is 8.43. The molecule has 130 valence electrons. The molecule has 3 aromatic rings. The summed E-state index contributed by atoms with van der Waals surface area (Å²) in [5, 5.41) is 3.55. The molecular weight excluding hydrogens is 327 g/mol. The topological polar surface area (TPSA) is 29.3 Å². The fraction of sp³-hybridized carbons (Fsp3) is 0.316. The molecule has 1 saturated carbocycles. The molecule has 6 heteroatoms. The second-order valence-corrected chi connectivity index (χ2v) is 6.44. The Labute approximate surface area is 143 Å². The predicted molar refractivity (Wildman–Crippen MR) is 91.5 cm³/mol. The Bertz CT molecular complexity index is 875. The third-order valence-electron chi connectivity index (χ3n) is 4.71. The average molecular weight is 345 g/mol. The number of imidazole rings is 1. The van der Waals surface area contributed by atoms with E-state index in [1.54, 1.807) is 0 Å². The maximum Gasteiger partial charge on any atom is 0.416 e. The van der Waals surface area contributed by atoms with Crippen LogP contribution < -0.4 is 5.32 Å². The van der Waals surface area contributed by atoms with Gasteiger partial charge in [0, 0.05) is 17.8 Å². The molecule has 2 heterocycles. The minimum atomic E-state index is -4.33. The molecule has 1 aliphatic carbocycles. The number of aromatic nitrogens is 2. The van der Waals surface area contributed by atoms with Crippen molar-refractivity contribution in [3.8, 4) is 11.3 Å². The Morgan fingerprint density at radius 1 is 1.00 bits per heavy atom. The molecule has 1 aliphatic rings. The van der Waals surface area contributed by atoms with Crippen LogP contribution in [0.5, 0.6) is 0 Å². The number of nitrogens with zero attached hydrogens (tertiary/aromatic N) is 2. The van der Waals surface area contributed by atoms with Crippen LogP contribution in [0.2, 0.25) is 0 Å². The number of halogens is 3. The molecule has 1 fully saturated rings. The van der Waals surface area contributed by atoms with Crippen molar-refractivity contribution in [3.05, 3.63) is 54.2 Å². The van der Waals surface area contributed by atoms with Gasteiger partial charge in [0.05, 0.1) is 5.56 Å². The maximum atomic E-state index is 12.8. The summed E-state index contributed by atoms with van der Waals surface area (Å²) in [5.74, 6) is 0.849. The van der Waals surface area contributed by atoms with E-state index in [0.717, 1.165) is 36.4 Å². The lowest BCUT2D eigenvalue weighted by Gasteiger charge is -2.15. The highest BCUT2D eigenvalue weighted by Crippen LogP contribution is 2.34. The number of rotatable bonds is 3. The molecule has 3 nitrogen and oxygen atoms in total. The fourth-order valence-corrected chi connectivity index (χ4v) is 3.42. The number of hydrogen-bond donors (Lipinski definition) is 1. The van der Waals surface area contributed by atoms with Crippen LogP contribution in [0.25, 0.3) is 16.9 Å². The lowest BCUT2D eigenvalue weighted by molar-refractivity contribution is -0.137. The van der Waals surface area contributed by atoms with Crippen molar-refractivity contribution < 1.29 is 13.2 Å². The van der Waals surface area contributed by atoms with Gasteiger partial charge in [-0.2, -0.15) is 13.2 Å². The van der Waals surface area contributed by atoms with Gasteiger partial charge in [0.15, 0.2) is 0 Å². The summed E-state index contributed by atoms with van der Waals surface area (Å²) >= 11 is 0.